The molecule has 1 aliphatic rings. The van der Waals surface area contributed by atoms with Gasteiger partial charge >= 0.3 is 6.03 Å². The smallest absolute Gasteiger partial charge is 0.321 e. The quantitative estimate of drug-likeness (QED) is 0.897. The van der Waals surface area contributed by atoms with Gasteiger partial charge in [0.2, 0.25) is 0 Å². The molecule has 1 heterocycles. The zero-order valence-electron chi connectivity index (χ0n) is 14.9. The summed E-state index contributed by atoms with van der Waals surface area (Å²) in [5.74, 6) is 0.722. The zero-order valence-corrected chi connectivity index (χ0v) is 14.9. The number of hydrogen-bond acceptors (Lipinski definition) is 3. The Bertz CT molecular complexity index is 726. The first-order valence-corrected chi connectivity index (χ1v) is 8.66. The van der Waals surface area contributed by atoms with E-state index in [9.17, 15) is 4.79 Å². The molecule has 1 saturated heterocycles. The van der Waals surface area contributed by atoms with Crippen molar-refractivity contribution in [3.05, 3.63) is 54.1 Å². The largest absolute Gasteiger partial charge is 0.497 e. The summed E-state index contributed by atoms with van der Waals surface area (Å²) in [6, 6.07) is 15.6. The number of carbonyl (C=O) groups excluding carboxylic acids is 1. The van der Waals surface area contributed by atoms with Gasteiger partial charge in [-0.05, 0) is 36.6 Å². The summed E-state index contributed by atoms with van der Waals surface area (Å²) in [5, 5.41) is 2.92. The second-order valence-corrected chi connectivity index (χ2v) is 6.34. The molecular formula is C20H25N3O2. The van der Waals surface area contributed by atoms with E-state index >= 15 is 0 Å². The molecule has 3 rings (SSSR count). The maximum Gasteiger partial charge on any atom is 0.321 e. The number of benzene rings is 2. The number of hydrogen-bond donors (Lipinski definition) is 1. The number of para-hydroxylation sites is 1. The molecule has 1 fully saturated rings. The Balaban J connectivity index is 1.67. The molecule has 0 atom stereocenters. The van der Waals surface area contributed by atoms with Crippen LogP contribution in [0.2, 0.25) is 0 Å². The van der Waals surface area contributed by atoms with Crippen molar-refractivity contribution in [3.63, 3.8) is 0 Å². The van der Waals surface area contributed by atoms with E-state index in [1.54, 1.807) is 12.0 Å². The fourth-order valence-corrected chi connectivity index (χ4v) is 3.16. The first-order valence-electron chi connectivity index (χ1n) is 8.66. The van der Waals surface area contributed by atoms with Gasteiger partial charge in [-0.1, -0.05) is 24.3 Å². The molecule has 2 aromatic carbocycles. The summed E-state index contributed by atoms with van der Waals surface area (Å²) in [5.41, 5.74) is 3.14. The van der Waals surface area contributed by atoms with Gasteiger partial charge in [0, 0.05) is 44.1 Å². The number of amides is 2. The Morgan fingerprint density at radius 3 is 2.68 bits per heavy atom. The monoisotopic (exact) mass is 339 g/mol. The topological polar surface area (TPSA) is 44.8 Å². The molecule has 0 radical (unpaired) electrons. The van der Waals surface area contributed by atoms with Crippen molar-refractivity contribution in [2.45, 2.75) is 19.4 Å². The van der Waals surface area contributed by atoms with Gasteiger partial charge in [-0.3, -0.25) is 0 Å². The van der Waals surface area contributed by atoms with Crippen LogP contribution in [-0.2, 0) is 6.54 Å². The lowest BCUT2D eigenvalue weighted by atomic mass is 10.1. The van der Waals surface area contributed by atoms with Gasteiger partial charge in [0.15, 0.2) is 0 Å². The highest BCUT2D eigenvalue weighted by molar-refractivity contribution is 5.89. The van der Waals surface area contributed by atoms with Gasteiger partial charge in [-0.2, -0.15) is 0 Å². The third kappa shape index (κ3) is 4.24. The van der Waals surface area contributed by atoms with Crippen molar-refractivity contribution < 1.29 is 9.53 Å². The summed E-state index contributed by atoms with van der Waals surface area (Å²) in [4.78, 5) is 16.6. The van der Waals surface area contributed by atoms with Crippen LogP contribution in [0.4, 0.5) is 16.2 Å². The van der Waals surface area contributed by atoms with Crippen molar-refractivity contribution >= 4 is 17.4 Å². The van der Waals surface area contributed by atoms with Crippen LogP contribution in [0.5, 0.6) is 5.75 Å². The van der Waals surface area contributed by atoms with Gasteiger partial charge in [-0.15, -0.1) is 0 Å². The predicted molar refractivity (Wildman–Crippen MR) is 101 cm³/mol. The molecule has 0 aromatic heterocycles. The van der Waals surface area contributed by atoms with Crippen LogP contribution < -0.4 is 15.0 Å². The zero-order chi connectivity index (χ0) is 17.6. The number of rotatable bonds is 5. The second kappa shape index (κ2) is 7.92. The van der Waals surface area contributed by atoms with Crippen LogP contribution >= 0.6 is 0 Å². The number of methoxy groups -OCH3 is 1. The molecule has 5 heteroatoms. The summed E-state index contributed by atoms with van der Waals surface area (Å²) < 4.78 is 5.19. The lowest BCUT2D eigenvalue weighted by molar-refractivity contribution is 0.220. The van der Waals surface area contributed by atoms with Crippen molar-refractivity contribution in [1.29, 1.82) is 0 Å². The van der Waals surface area contributed by atoms with E-state index in [1.807, 2.05) is 37.4 Å². The van der Waals surface area contributed by atoms with Crippen molar-refractivity contribution in [3.8, 4) is 5.75 Å². The highest BCUT2D eigenvalue weighted by Crippen LogP contribution is 2.25. The first kappa shape index (κ1) is 17.1. The highest BCUT2D eigenvalue weighted by Gasteiger charge is 2.17. The first-order chi connectivity index (χ1) is 12.2. The van der Waals surface area contributed by atoms with Crippen LogP contribution in [0.15, 0.2) is 48.5 Å². The third-order valence-corrected chi connectivity index (χ3v) is 4.51. The summed E-state index contributed by atoms with van der Waals surface area (Å²) in [6.45, 7) is 2.76. The molecule has 25 heavy (non-hydrogen) atoms. The fraction of sp³-hybridized carbons (Fsp3) is 0.350. The lowest BCUT2D eigenvalue weighted by Gasteiger charge is -2.24. The SMILES string of the molecule is COc1cccc(NC(=O)N(C)Cc2ccccc2N2CCCC2)c1. The number of urea groups is 1. The van der Waals surface area contributed by atoms with Crippen LogP contribution in [0.1, 0.15) is 18.4 Å². The number of ether oxygens (including phenoxy) is 1. The van der Waals surface area contributed by atoms with E-state index in [0.717, 1.165) is 24.5 Å². The van der Waals surface area contributed by atoms with Gasteiger partial charge in [0.25, 0.3) is 0 Å². The molecule has 0 saturated carbocycles. The molecule has 2 amide bonds. The van der Waals surface area contributed by atoms with Crippen molar-refractivity contribution in [1.82, 2.24) is 4.90 Å². The average Bonchev–Trinajstić information content (AvgIpc) is 3.16. The standard InChI is InChI=1S/C20H25N3O2/c1-22(20(24)21-17-9-7-10-18(14-17)25-2)15-16-8-3-4-11-19(16)23-12-5-6-13-23/h3-4,7-11,14H,5-6,12-13,15H2,1-2H3,(H,21,24). The molecule has 132 valence electrons. The normalized spacial score (nSPS) is 13.6. The van der Waals surface area contributed by atoms with Gasteiger partial charge in [0.1, 0.15) is 5.75 Å². The minimum atomic E-state index is -0.135. The van der Waals surface area contributed by atoms with Crippen LogP contribution in [0.3, 0.4) is 0 Å². The summed E-state index contributed by atoms with van der Waals surface area (Å²) in [6.07, 6.45) is 2.47. The number of carbonyl (C=O) groups is 1. The molecule has 0 spiro atoms. The molecule has 1 aliphatic heterocycles. The fourth-order valence-electron chi connectivity index (χ4n) is 3.16. The lowest BCUT2D eigenvalue weighted by Crippen LogP contribution is -2.31. The van der Waals surface area contributed by atoms with Gasteiger partial charge in [0.05, 0.1) is 7.11 Å². The maximum absolute atomic E-state index is 12.5. The molecular weight excluding hydrogens is 314 g/mol. The molecule has 5 nitrogen and oxygen atoms in total. The van der Waals surface area contributed by atoms with E-state index in [-0.39, 0.29) is 6.03 Å². The molecule has 0 unspecified atom stereocenters. The Kier molecular flexibility index (Phi) is 5.43. The molecule has 1 N–H and O–H groups in total. The van der Waals surface area contributed by atoms with E-state index in [1.165, 1.54) is 24.1 Å². The number of nitrogens with one attached hydrogen (secondary N) is 1. The Morgan fingerprint density at radius 1 is 1.16 bits per heavy atom. The Labute approximate surface area is 149 Å². The second-order valence-electron chi connectivity index (χ2n) is 6.34. The minimum Gasteiger partial charge on any atom is -0.497 e. The van der Waals surface area contributed by atoms with E-state index in [2.05, 4.69) is 28.4 Å². The van der Waals surface area contributed by atoms with E-state index in [0.29, 0.717) is 6.54 Å². The Morgan fingerprint density at radius 2 is 1.92 bits per heavy atom. The minimum absolute atomic E-state index is 0.135. The third-order valence-electron chi connectivity index (χ3n) is 4.51. The summed E-state index contributed by atoms with van der Waals surface area (Å²) >= 11 is 0. The van der Waals surface area contributed by atoms with E-state index in [4.69, 9.17) is 4.74 Å². The van der Waals surface area contributed by atoms with E-state index < -0.39 is 0 Å². The highest BCUT2D eigenvalue weighted by atomic mass is 16.5. The predicted octanol–water partition coefficient (Wildman–Crippen LogP) is 3.96. The maximum atomic E-state index is 12.5. The molecule has 0 aliphatic carbocycles. The van der Waals surface area contributed by atoms with Crippen LogP contribution in [0.25, 0.3) is 0 Å². The van der Waals surface area contributed by atoms with Crippen LogP contribution in [0, 0.1) is 0 Å². The van der Waals surface area contributed by atoms with Crippen molar-refractivity contribution in [2.24, 2.45) is 0 Å². The van der Waals surface area contributed by atoms with Gasteiger partial charge < -0.3 is 19.9 Å². The summed E-state index contributed by atoms with van der Waals surface area (Å²) in [7, 11) is 3.43. The average molecular weight is 339 g/mol. The molecule has 2 aromatic rings. The van der Waals surface area contributed by atoms with Gasteiger partial charge in [-0.25, -0.2) is 4.79 Å². The number of nitrogens with zero attached hydrogens (tertiary/aromatic N) is 2. The molecule has 0 bridgehead atoms. The number of anilines is 2. The van der Waals surface area contributed by atoms with Crippen LogP contribution in [-0.4, -0.2) is 38.2 Å². The Hall–Kier alpha value is -2.69. The van der Waals surface area contributed by atoms with Crippen molar-refractivity contribution in [2.75, 3.05) is 37.5 Å².